The molecule has 0 radical (unpaired) electrons. The number of halogens is 1. The van der Waals surface area contributed by atoms with E-state index in [1.807, 2.05) is 0 Å². The fourth-order valence-electron chi connectivity index (χ4n) is 2.51. The van der Waals surface area contributed by atoms with Gasteiger partial charge >= 0.3 is 0 Å². The Bertz CT molecular complexity index is 1030. The van der Waals surface area contributed by atoms with E-state index in [4.69, 9.17) is 11.6 Å². The number of hydrogen-bond donors (Lipinski definition) is 2. The van der Waals surface area contributed by atoms with Gasteiger partial charge in [-0.15, -0.1) is 0 Å². The molecule has 1 fully saturated rings. The van der Waals surface area contributed by atoms with Crippen LogP contribution in [-0.2, 0) is 14.8 Å². The quantitative estimate of drug-likeness (QED) is 0.748. The molecular formula is C19H20ClN3O4S. The average molecular weight is 422 g/mol. The van der Waals surface area contributed by atoms with Gasteiger partial charge in [0.1, 0.15) is 4.90 Å². The molecule has 0 heterocycles. The molecule has 9 heteroatoms. The molecule has 1 saturated carbocycles. The maximum Gasteiger partial charge on any atom is 0.255 e. The van der Waals surface area contributed by atoms with Crippen LogP contribution >= 0.6 is 11.6 Å². The normalized spacial score (nSPS) is 14.0. The van der Waals surface area contributed by atoms with Crippen LogP contribution in [0.25, 0.3) is 0 Å². The summed E-state index contributed by atoms with van der Waals surface area (Å²) in [6, 6.07) is 10.8. The third-order valence-electron chi connectivity index (χ3n) is 4.29. The van der Waals surface area contributed by atoms with Gasteiger partial charge in [-0.05, 0) is 49.2 Å². The fourth-order valence-corrected chi connectivity index (χ4v) is 3.90. The van der Waals surface area contributed by atoms with Gasteiger partial charge in [0.15, 0.2) is 0 Å². The number of carbonyl (C=O) groups excluding carboxylic acids is 2. The minimum absolute atomic E-state index is 0.0280. The highest BCUT2D eigenvalue weighted by Crippen LogP contribution is 2.30. The zero-order chi connectivity index (χ0) is 20.5. The molecule has 2 amide bonds. The minimum atomic E-state index is -3.79. The van der Waals surface area contributed by atoms with E-state index in [0.29, 0.717) is 11.4 Å². The van der Waals surface area contributed by atoms with Gasteiger partial charge in [0, 0.05) is 37.0 Å². The van der Waals surface area contributed by atoms with Crippen molar-refractivity contribution in [3.8, 4) is 0 Å². The molecule has 0 unspecified atom stereocenters. The molecule has 0 aromatic heterocycles. The van der Waals surface area contributed by atoms with E-state index in [-0.39, 0.29) is 27.3 Å². The van der Waals surface area contributed by atoms with Gasteiger partial charge in [0.25, 0.3) is 5.91 Å². The van der Waals surface area contributed by atoms with Gasteiger partial charge in [0.05, 0.1) is 5.02 Å². The van der Waals surface area contributed by atoms with Crippen molar-refractivity contribution in [2.75, 3.05) is 24.7 Å². The first-order valence-electron chi connectivity index (χ1n) is 8.63. The van der Waals surface area contributed by atoms with Crippen LogP contribution in [0.3, 0.4) is 0 Å². The molecule has 148 valence electrons. The number of hydrogen-bond acceptors (Lipinski definition) is 4. The number of nitrogens with zero attached hydrogens (tertiary/aromatic N) is 1. The van der Waals surface area contributed by atoms with Gasteiger partial charge in [-0.2, -0.15) is 0 Å². The highest BCUT2D eigenvalue weighted by atomic mass is 35.5. The summed E-state index contributed by atoms with van der Waals surface area (Å²) >= 11 is 6.01. The summed E-state index contributed by atoms with van der Waals surface area (Å²) in [5.74, 6) is -0.443. The molecule has 0 aliphatic heterocycles. The first-order chi connectivity index (χ1) is 13.2. The maximum atomic E-state index is 12.6. The zero-order valence-electron chi connectivity index (χ0n) is 15.4. The van der Waals surface area contributed by atoms with Crippen LogP contribution in [0.2, 0.25) is 5.02 Å². The highest BCUT2D eigenvalue weighted by molar-refractivity contribution is 7.89. The van der Waals surface area contributed by atoms with Gasteiger partial charge in [-0.25, -0.2) is 12.7 Å². The second kappa shape index (κ2) is 7.90. The van der Waals surface area contributed by atoms with Gasteiger partial charge in [0.2, 0.25) is 15.9 Å². The van der Waals surface area contributed by atoms with Crippen LogP contribution < -0.4 is 10.6 Å². The minimum Gasteiger partial charge on any atom is -0.326 e. The standard InChI is InChI=1S/C19H20ClN3O4S/c1-23(2)28(26,27)17-10-13(8-9-16(17)20)19(25)22-15-5-3-4-14(11-15)21-18(24)12-6-7-12/h3-5,8-12H,6-7H2,1-2H3,(H,21,24)(H,22,25). The monoisotopic (exact) mass is 421 g/mol. The zero-order valence-corrected chi connectivity index (χ0v) is 17.0. The highest BCUT2D eigenvalue weighted by Gasteiger charge is 2.29. The van der Waals surface area contributed by atoms with Gasteiger partial charge < -0.3 is 10.6 Å². The average Bonchev–Trinajstić information content (AvgIpc) is 3.47. The van der Waals surface area contributed by atoms with Crippen LogP contribution in [-0.4, -0.2) is 38.6 Å². The van der Waals surface area contributed by atoms with Gasteiger partial charge in [-0.1, -0.05) is 17.7 Å². The second-order valence-corrected chi connectivity index (χ2v) is 9.26. The number of carbonyl (C=O) groups is 2. The number of benzene rings is 2. The van der Waals surface area contributed by atoms with E-state index in [2.05, 4.69) is 10.6 Å². The van der Waals surface area contributed by atoms with Gasteiger partial charge in [-0.3, -0.25) is 9.59 Å². The number of rotatable bonds is 6. The predicted molar refractivity (Wildman–Crippen MR) is 108 cm³/mol. The summed E-state index contributed by atoms with van der Waals surface area (Å²) in [6.07, 6.45) is 1.80. The maximum absolute atomic E-state index is 12.6. The van der Waals surface area contributed by atoms with Crippen LogP contribution in [0.4, 0.5) is 11.4 Å². The van der Waals surface area contributed by atoms with Crippen LogP contribution in [0.5, 0.6) is 0 Å². The molecular weight excluding hydrogens is 402 g/mol. The second-order valence-electron chi connectivity index (χ2n) is 6.73. The summed E-state index contributed by atoms with van der Waals surface area (Å²) < 4.78 is 25.8. The first kappa shape index (κ1) is 20.3. The number of nitrogens with one attached hydrogen (secondary N) is 2. The Morgan fingerprint density at radius 1 is 1.04 bits per heavy atom. The molecule has 0 spiro atoms. The lowest BCUT2D eigenvalue weighted by Crippen LogP contribution is -2.23. The molecule has 2 aromatic carbocycles. The van der Waals surface area contributed by atoms with E-state index in [1.165, 1.54) is 32.3 Å². The molecule has 2 N–H and O–H groups in total. The first-order valence-corrected chi connectivity index (χ1v) is 10.4. The summed E-state index contributed by atoms with van der Waals surface area (Å²) in [4.78, 5) is 24.3. The Morgan fingerprint density at radius 2 is 1.68 bits per heavy atom. The molecule has 0 saturated heterocycles. The smallest absolute Gasteiger partial charge is 0.255 e. The Kier molecular flexibility index (Phi) is 5.74. The molecule has 3 rings (SSSR count). The molecule has 1 aliphatic rings. The third-order valence-corrected chi connectivity index (χ3v) is 6.58. The Labute approximate surface area is 168 Å². The largest absolute Gasteiger partial charge is 0.326 e. The van der Waals surface area contributed by atoms with Crippen molar-refractivity contribution < 1.29 is 18.0 Å². The molecule has 7 nitrogen and oxygen atoms in total. The topological polar surface area (TPSA) is 95.6 Å². The van der Waals surface area contributed by atoms with E-state index < -0.39 is 15.9 Å². The fraction of sp³-hybridized carbons (Fsp3) is 0.263. The summed E-state index contributed by atoms with van der Waals surface area (Å²) in [7, 11) is -1.01. The SMILES string of the molecule is CN(C)S(=O)(=O)c1cc(C(=O)Nc2cccc(NC(=O)C3CC3)c2)ccc1Cl. The lowest BCUT2D eigenvalue weighted by Gasteiger charge is -2.14. The molecule has 0 bridgehead atoms. The molecule has 0 atom stereocenters. The van der Waals surface area contributed by atoms with E-state index in [9.17, 15) is 18.0 Å². The van der Waals surface area contributed by atoms with Crippen molar-refractivity contribution in [2.24, 2.45) is 5.92 Å². The van der Waals surface area contributed by atoms with Crippen molar-refractivity contribution in [3.63, 3.8) is 0 Å². The Hall–Kier alpha value is -2.42. The lowest BCUT2D eigenvalue weighted by atomic mass is 10.2. The summed E-state index contributed by atoms with van der Waals surface area (Å²) in [5.41, 5.74) is 1.21. The van der Waals surface area contributed by atoms with E-state index in [0.717, 1.165) is 17.1 Å². The summed E-state index contributed by atoms with van der Waals surface area (Å²) in [5, 5.41) is 5.55. The lowest BCUT2D eigenvalue weighted by molar-refractivity contribution is -0.117. The number of sulfonamides is 1. The van der Waals surface area contributed by atoms with Crippen molar-refractivity contribution in [3.05, 3.63) is 53.1 Å². The molecule has 28 heavy (non-hydrogen) atoms. The van der Waals surface area contributed by atoms with Crippen LogP contribution in [0.1, 0.15) is 23.2 Å². The molecule has 2 aromatic rings. The predicted octanol–water partition coefficient (Wildman–Crippen LogP) is 3.19. The van der Waals surface area contributed by atoms with E-state index in [1.54, 1.807) is 24.3 Å². The van der Waals surface area contributed by atoms with Crippen molar-refractivity contribution >= 4 is 44.8 Å². The van der Waals surface area contributed by atoms with Crippen molar-refractivity contribution in [1.82, 2.24) is 4.31 Å². The van der Waals surface area contributed by atoms with Crippen LogP contribution in [0, 0.1) is 5.92 Å². The molecule has 1 aliphatic carbocycles. The van der Waals surface area contributed by atoms with Crippen LogP contribution in [0.15, 0.2) is 47.4 Å². The number of amides is 2. The van der Waals surface area contributed by atoms with Crippen molar-refractivity contribution in [1.29, 1.82) is 0 Å². The van der Waals surface area contributed by atoms with E-state index >= 15 is 0 Å². The Morgan fingerprint density at radius 3 is 2.29 bits per heavy atom. The summed E-state index contributed by atoms with van der Waals surface area (Å²) in [6.45, 7) is 0. The number of anilines is 2. The third kappa shape index (κ3) is 4.52. The Balaban J connectivity index is 1.79. The van der Waals surface area contributed by atoms with Crippen molar-refractivity contribution in [2.45, 2.75) is 17.7 Å².